The number of rotatable bonds is 6. The maximum absolute atomic E-state index is 12.6. The highest BCUT2D eigenvalue weighted by Crippen LogP contribution is 2.33. The molecule has 146 valence electrons. The summed E-state index contributed by atoms with van der Waals surface area (Å²) in [6, 6.07) is 2.49. The smallest absolute Gasteiger partial charge is 0.390 e. The predicted molar refractivity (Wildman–Crippen MR) is 98.8 cm³/mol. The molecule has 0 aromatic carbocycles. The molecule has 1 atom stereocenters. The number of nitrogens with zero attached hydrogens (tertiary/aromatic N) is 3. The van der Waals surface area contributed by atoms with Gasteiger partial charge >= 0.3 is 6.18 Å². The van der Waals surface area contributed by atoms with Gasteiger partial charge in [-0.1, -0.05) is 0 Å². The summed E-state index contributed by atoms with van der Waals surface area (Å²) in [6.07, 6.45) is -3.80. The van der Waals surface area contributed by atoms with Crippen LogP contribution in [-0.2, 0) is 13.0 Å². The van der Waals surface area contributed by atoms with Crippen molar-refractivity contribution in [2.75, 3.05) is 5.32 Å². The summed E-state index contributed by atoms with van der Waals surface area (Å²) in [6.45, 7) is 2.15. The lowest BCUT2D eigenvalue weighted by molar-refractivity contribution is -0.138. The molecule has 0 bridgehead atoms. The lowest BCUT2D eigenvalue weighted by Crippen LogP contribution is -2.29. The highest BCUT2D eigenvalue weighted by Gasteiger charge is 2.31. The van der Waals surface area contributed by atoms with Crippen LogP contribution in [0.5, 0.6) is 0 Å². The number of nitrogens with two attached hydrogens (primary N) is 1. The van der Waals surface area contributed by atoms with E-state index in [1.54, 1.807) is 25.3 Å². The molecule has 3 N–H and O–H groups in total. The minimum Gasteiger partial charge on any atom is -0.467 e. The van der Waals surface area contributed by atoms with E-state index < -0.39 is 18.6 Å². The van der Waals surface area contributed by atoms with Gasteiger partial charge in [0.15, 0.2) is 5.82 Å². The Morgan fingerprint density at radius 1 is 1.44 bits per heavy atom. The number of aromatic nitrogens is 3. The molecule has 0 saturated carbocycles. The highest BCUT2D eigenvalue weighted by molar-refractivity contribution is 9.10. The number of hydrogen-bond donors (Lipinski definition) is 2. The van der Waals surface area contributed by atoms with Crippen LogP contribution in [0.4, 0.5) is 19.0 Å². The third kappa shape index (κ3) is 4.56. The molecule has 0 amide bonds. The van der Waals surface area contributed by atoms with Crippen LogP contribution in [0, 0.1) is 6.92 Å². The van der Waals surface area contributed by atoms with Crippen LogP contribution in [0.1, 0.15) is 23.3 Å². The van der Waals surface area contributed by atoms with Gasteiger partial charge in [0.1, 0.15) is 15.9 Å². The number of furan rings is 1. The number of aryl methyl sites for hydroxylation is 1. The first kappa shape index (κ1) is 20.0. The zero-order chi connectivity index (χ0) is 19.8. The van der Waals surface area contributed by atoms with Crippen LogP contribution in [0.25, 0.3) is 5.52 Å². The number of alkyl halides is 3. The van der Waals surface area contributed by atoms with E-state index in [4.69, 9.17) is 21.8 Å². The molecule has 0 radical (unpaired) electrons. The second-order valence-corrected chi connectivity index (χ2v) is 7.19. The van der Waals surface area contributed by atoms with E-state index in [0.29, 0.717) is 33.8 Å². The normalized spacial score (nSPS) is 13.3. The van der Waals surface area contributed by atoms with Gasteiger partial charge in [0, 0.05) is 6.04 Å². The van der Waals surface area contributed by atoms with E-state index in [1.807, 2.05) is 0 Å². The van der Waals surface area contributed by atoms with Crippen molar-refractivity contribution in [3.05, 3.63) is 45.2 Å². The van der Waals surface area contributed by atoms with Crippen LogP contribution < -0.4 is 11.1 Å². The van der Waals surface area contributed by atoms with E-state index in [9.17, 15) is 13.2 Å². The van der Waals surface area contributed by atoms with E-state index in [-0.39, 0.29) is 11.7 Å². The van der Waals surface area contributed by atoms with E-state index in [0.717, 1.165) is 5.56 Å². The molecular weight excluding hydrogens is 451 g/mol. The van der Waals surface area contributed by atoms with Crippen LogP contribution >= 0.6 is 27.5 Å². The number of anilines is 1. The number of halogens is 5. The third-order valence-corrected chi connectivity index (χ3v) is 5.01. The first-order valence-corrected chi connectivity index (χ1v) is 9.14. The van der Waals surface area contributed by atoms with Crippen molar-refractivity contribution in [3.8, 4) is 0 Å². The second kappa shape index (κ2) is 7.69. The predicted octanol–water partition coefficient (Wildman–Crippen LogP) is 4.48. The molecule has 3 aromatic heterocycles. The Labute approximate surface area is 166 Å². The lowest BCUT2D eigenvalue weighted by atomic mass is 10.0. The quantitative estimate of drug-likeness (QED) is 0.560. The Hall–Kier alpha value is -1.78. The molecule has 27 heavy (non-hydrogen) atoms. The summed E-state index contributed by atoms with van der Waals surface area (Å²) in [5.41, 5.74) is 7.66. The van der Waals surface area contributed by atoms with Crippen molar-refractivity contribution >= 4 is 38.9 Å². The second-order valence-electron chi connectivity index (χ2n) is 6.10. The van der Waals surface area contributed by atoms with Crippen molar-refractivity contribution in [2.45, 2.75) is 38.5 Å². The minimum atomic E-state index is -4.32. The molecule has 3 heterocycles. The summed E-state index contributed by atoms with van der Waals surface area (Å²) in [7, 11) is 0. The molecule has 3 aromatic rings. The fourth-order valence-corrected chi connectivity index (χ4v) is 3.76. The van der Waals surface area contributed by atoms with Gasteiger partial charge in [0.05, 0.1) is 19.2 Å². The van der Waals surface area contributed by atoms with Gasteiger partial charge in [-0.05, 0) is 64.1 Å². The van der Waals surface area contributed by atoms with Crippen molar-refractivity contribution in [1.29, 1.82) is 0 Å². The molecule has 0 aliphatic rings. The summed E-state index contributed by atoms with van der Waals surface area (Å²) in [5.74, 6) is 1.14. The van der Waals surface area contributed by atoms with Crippen LogP contribution in [0.3, 0.4) is 0 Å². The van der Waals surface area contributed by atoms with Gasteiger partial charge in [0.2, 0.25) is 5.28 Å². The summed E-state index contributed by atoms with van der Waals surface area (Å²) < 4.78 is 45.1. The number of fused-ring (bicyclic) bond motifs is 1. The van der Waals surface area contributed by atoms with Crippen molar-refractivity contribution < 1.29 is 17.6 Å². The maximum atomic E-state index is 12.6. The molecule has 6 nitrogen and oxygen atoms in total. The fraction of sp³-hybridized carbons (Fsp3) is 0.375. The summed E-state index contributed by atoms with van der Waals surface area (Å²) in [4.78, 5) is 4.20. The Balaban J connectivity index is 1.96. The van der Waals surface area contributed by atoms with Crippen LogP contribution in [0.2, 0.25) is 5.28 Å². The summed E-state index contributed by atoms with van der Waals surface area (Å²) in [5, 5.41) is 7.26. The Morgan fingerprint density at radius 2 is 2.19 bits per heavy atom. The van der Waals surface area contributed by atoms with Gasteiger partial charge in [0.25, 0.3) is 0 Å². The van der Waals surface area contributed by atoms with Gasteiger partial charge in [-0.3, -0.25) is 0 Å². The lowest BCUT2D eigenvalue weighted by Gasteiger charge is -2.14. The van der Waals surface area contributed by atoms with Gasteiger partial charge in [-0.15, -0.1) is 5.10 Å². The molecule has 0 aliphatic carbocycles. The number of nitrogens with one attached hydrogen (secondary N) is 1. The summed E-state index contributed by atoms with van der Waals surface area (Å²) >= 11 is 9.41. The van der Waals surface area contributed by atoms with Crippen LogP contribution in [0.15, 0.2) is 27.4 Å². The Kier molecular flexibility index (Phi) is 5.68. The van der Waals surface area contributed by atoms with E-state index in [2.05, 4.69) is 31.3 Å². The monoisotopic (exact) mass is 465 g/mol. The topological polar surface area (TPSA) is 81.4 Å². The maximum Gasteiger partial charge on any atom is 0.390 e. The largest absolute Gasteiger partial charge is 0.467 e. The Bertz CT molecular complexity index is 942. The first-order valence-electron chi connectivity index (χ1n) is 7.97. The molecule has 11 heteroatoms. The SMILES string of the molecule is Cc1c(C[C@@H](N)CC(F)(F)F)c(Br)n2nc(Cl)nc(NCc3ccco3)c12. The van der Waals surface area contributed by atoms with Crippen molar-refractivity contribution in [3.63, 3.8) is 0 Å². The van der Waals surface area contributed by atoms with Gasteiger partial charge in [-0.25, -0.2) is 4.52 Å². The highest BCUT2D eigenvalue weighted by atomic mass is 79.9. The fourth-order valence-electron chi connectivity index (χ4n) is 2.88. The first-order chi connectivity index (χ1) is 12.7. The average molecular weight is 467 g/mol. The molecule has 0 fully saturated rings. The molecular formula is C16H16BrClF3N5O. The van der Waals surface area contributed by atoms with Crippen LogP contribution in [-0.4, -0.2) is 26.8 Å². The molecule has 0 saturated heterocycles. The standard InChI is InChI=1S/C16H16BrClF3N5O/c1-8-11(5-9(22)6-16(19,20)21)13(17)26-12(8)14(24-15(18)25-26)23-7-10-3-2-4-27-10/h2-4,9H,5-7,22H2,1H3,(H,23,24,25)/t9-/m1/s1. The zero-order valence-corrected chi connectivity index (χ0v) is 16.5. The van der Waals surface area contributed by atoms with Gasteiger partial charge in [-0.2, -0.15) is 18.2 Å². The minimum absolute atomic E-state index is 0.00807. The molecule has 0 spiro atoms. The van der Waals surface area contributed by atoms with E-state index in [1.165, 1.54) is 4.52 Å². The Morgan fingerprint density at radius 3 is 2.81 bits per heavy atom. The zero-order valence-electron chi connectivity index (χ0n) is 14.1. The molecule has 0 unspecified atom stereocenters. The average Bonchev–Trinajstić information content (AvgIpc) is 3.14. The van der Waals surface area contributed by atoms with Crippen molar-refractivity contribution in [2.24, 2.45) is 5.73 Å². The number of hydrogen-bond acceptors (Lipinski definition) is 5. The van der Waals surface area contributed by atoms with Crippen molar-refractivity contribution in [1.82, 2.24) is 14.6 Å². The van der Waals surface area contributed by atoms with E-state index >= 15 is 0 Å². The van der Waals surface area contributed by atoms with Gasteiger partial charge < -0.3 is 15.5 Å². The third-order valence-electron chi connectivity index (χ3n) is 4.04. The molecule has 3 rings (SSSR count). The molecule has 0 aliphatic heterocycles.